The SMILES string of the molecule is Cn1c(C(C#N)=c2sc(=Cc3ccccn3)c(=O)n2Cc2ccccc2)nc2ccccc21. The molecule has 0 fully saturated rings. The van der Waals surface area contributed by atoms with E-state index in [1.807, 2.05) is 84.4 Å². The summed E-state index contributed by atoms with van der Waals surface area (Å²) in [6.45, 7) is 0.358. The molecule has 0 saturated carbocycles. The second-order valence-corrected chi connectivity index (χ2v) is 8.55. The summed E-state index contributed by atoms with van der Waals surface area (Å²) in [4.78, 5) is 22.5. The van der Waals surface area contributed by atoms with Gasteiger partial charge >= 0.3 is 0 Å². The minimum Gasteiger partial charge on any atom is -0.326 e. The van der Waals surface area contributed by atoms with Gasteiger partial charge in [-0.05, 0) is 35.9 Å². The Balaban J connectivity index is 1.82. The Morgan fingerprint density at radius 2 is 1.82 bits per heavy atom. The minimum absolute atomic E-state index is 0.156. The Morgan fingerprint density at radius 1 is 1.06 bits per heavy atom. The summed E-state index contributed by atoms with van der Waals surface area (Å²) in [5.41, 5.74) is 3.61. The standard InChI is InChI=1S/C26H19N5OS/c1-30-22-13-6-5-12-21(22)29-24(30)20(16-27)26-31(17-18-9-3-2-4-10-18)25(32)23(33-26)15-19-11-7-8-14-28-19/h2-15H,17H2,1H3. The summed E-state index contributed by atoms with van der Waals surface area (Å²) in [7, 11) is 1.89. The topological polar surface area (TPSA) is 76.5 Å². The molecule has 0 aliphatic rings. The van der Waals surface area contributed by atoms with Crippen molar-refractivity contribution in [3.05, 3.63) is 116 Å². The largest absolute Gasteiger partial charge is 0.326 e. The molecular weight excluding hydrogens is 430 g/mol. The lowest BCUT2D eigenvalue weighted by molar-refractivity contribution is 0.752. The van der Waals surface area contributed by atoms with E-state index in [2.05, 4.69) is 11.1 Å². The number of rotatable bonds is 4. The number of para-hydroxylation sites is 2. The fourth-order valence-corrected chi connectivity index (χ4v) is 4.86. The van der Waals surface area contributed by atoms with Crippen molar-refractivity contribution in [3.63, 3.8) is 0 Å². The van der Waals surface area contributed by atoms with Gasteiger partial charge in [-0.1, -0.05) is 48.5 Å². The van der Waals surface area contributed by atoms with Crippen LogP contribution in [0.2, 0.25) is 0 Å². The molecule has 3 heterocycles. The van der Waals surface area contributed by atoms with Crippen LogP contribution in [-0.4, -0.2) is 19.1 Å². The number of aryl methyl sites for hydroxylation is 1. The minimum atomic E-state index is -0.156. The first kappa shape index (κ1) is 20.6. The molecule has 0 saturated heterocycles. The second-order valence-electron chi connectivity index (χ2n) is 7.52. The van der Waals surface area contributed by atoms with Crippen molar-refractivity contribution in [3.8, 4) is 6.07 Å². The van der Waals surface area contributed by atoms with Gasteiger partial charge in [0.15, 0.2) is 5.82 Å². The molecule has 0 N–H and O–H groups in total. The van der Waals surface area contributed by atoms with Crippen LogP contribution in [-0.2, 0) is 13.6 Å². The monoisotopic (exact) mass is 449 g/mol. The molecule has 33 heavy (non-hydrogen) atoms. The number of pyridine rings is 1. The first-order valence-electron chi connectivity index (χ1n) is 10.4. The lowest BCUT2D eigenvalue weighted by Crippen LogP contribution is -2.32. The third-order valence-electron chi connectivity index (χ3n) is 5.39. The van der Waals surface area contributed by atoms with E-state index >= 15 is 0 Å². The van der Waals surface area contributed by atoms with Crippen molar-refractivity contribution in [2.75, 3.05) is 0 Å². The van der Waals surface area contributed by atoms with E-state index in [0.29, 0.717) is 32.8 Å². The summed E-state index contributed by atoms with van der Waals surface area (Å²) >= 11 is 1.29. The average molecular weight is 450 g/mol. The van der Waals surface area contributed by atoms with E-state index in [-0.39, 0.29) is 5.56 Å². The molecule has 3 aromatic heterocycles. The van der Waals surface area contributed by atoms with E-state index < -0.39 is 0 Å². The van der Waals surface area contributed by atoms with Crippen molar-refractivity contribution < 1.29 is 0 Å². The van der Waals surface area contributed by atoms with E-state index in [9.17, 15) is 10.1 Å². The number of imidazole rings is 1. The molecule has 0 aliphatic carbocycles. The van der Waals surface area contributed by atoms with E-state index in [1.165, 1.54) is 11.3 Å². The Kier molecular flexibility index (Phi) is 5.43. The maximum absolute atomic E-state index is 13.5. The summed E-state index contributed by atoms with van der Waals surface area (Å²) in [5, 5.41) is 10.2. The van der Waals surface area contributed by atoms with Gasteiger partial charge in [0.05, 0.1) is 27.8 Å². The quantitative estimate of drug-likeness (QED) is 0.423. The predicted octanol–water partition coefficient (Wildman–Crippen LogP) is 2.79. The highest BCUT2D eigenvalue weighted by Gasteiger charge is 2.17. The molecule has 2 aromatic carbocycles. The van der Waals surface area contributed by atoms with Crippen LogP contribution in [0.15, 0.2) is 83.8 Å². The van der Waals surface area contributed by atoms with Crippen LogP contribution < -0.4 is 14.8 Å². The van der Waals surface area contributed by atoms with Gasteiger partial charge in [-0.2, -0.15) is 5.26 Å². The average Bonchev–Trinajstić information content (AvgIpc) is 3.33. The molecule has 7 heteroatoms. The van der Waals surface area contributed by atoms with Gasteiger partial charge in [-0.25, -0.2) is 4.98 Å². The van der Waals surface area contributed by atoms with E-state index in [1.54, 1.807) is 16.8 Å². The van der Waals surface area contributed by atoms with E-state index in [4.69, 9.17) is 4.98 Å². The Bertz CT molecular complexity index is 1670. The fraction of sp³-hybridized carbons (Fsp3) is 0.0769. The Hall–Kier alpha value is -4.28. The third-order valence-corrected chi connectivity index (χ3v) is 6.52. The number of thiazole rings is 1. The maximum Gasteiger partial charge on any atom is 0.269 e. The van der Waals surface area contributed by atoms with Crippen LogP contribution in [0.4, 0.5) is 0 Å². The second kappa shape index (κ2) is 8.69. The number of nitriles is 1. The smallest absolute Gasteiger partial charge is 0.269 e. The van der Waals surface area contributed by atoms with Crippen molar-refractivity contribution in [1.29, 1.82) is 5.26 Å². The van der Waals surface area contributed by atoms with Gasteiger partial charge in [0.1, 0.15) is 16.3 Å². The Morgan fingerprint density at radius 3 is 2.55 bits per heavy atom. The number of hydrogen-bond acceptors (Lipinski definition) is 5. The van der Waals surface area contributed by atoms with Crippen molar-refractivity contribution in [2.24, 2.45) is 7.05 Å². The zero-order chi connectivity index (χ0) is 22.8. The highest BCUT2D eigenvalue weighted by atomic mass is 32.1. The first-order valence-corrected chi connectivity index (χ1v) is 11.2. The zero-order valence-electron chi connectivity index (χ0n) is 17.8. The number of nitrogens with zero attached hydrogens (tertiary/aromatic N) is 5. The van der Waals surface area contributed by atoms with Crippen molar-refractivity contribution in [1.82, 2.24) is 19.1 Å². The highest BCUT2D eigenvalue weighted by Crippen LogP contribution is 2.18. The number of aromatic nitrogens is 4. The van der Waals surface area contributed by atoms with Gasteiger partial charge in [-0.3, -0.25) is 14.3 Å². The molecule has 0 unspecified atom stereocenters. The van der Waals surface area contributed by atoms with Crippen LogP contribution in [0.25, 0.3) is 22.7 Å². The lowest BCUT2D eigenvalue weighted by Gasteiger charge is -2.05. The molecule has 0 radical (unpaired) electrons. The van der Waals surface area contributed by atoms with Gasteiger partial charge in [-0.15, -0.1) is 11.3 Å². The summed E-state index contributed by atoms with van der Waals surface area (Å²) in [5.74, 6) is 0.533. The molecule has 5 rings (SSSR count). The van der Waals surface area contributed by atoms with Crippen LogP contribution in [0.3, 0.4) is 0 Å². The molecule has 5 aromatic rings. The van der Waals surface area contributed by atoms with Crippen LogP contribution in [0, 0.1) is 11.3 Å². The maximum atomic E-state index is 13.5. The van der Waals surface area contributed by atoms with Crippen LogP contribution in [0.1, 0.15) is 17.1 Å². The van der Waals surface area contributed by atoms with Gasteiger partial charge in [0.2, 0.25) is 0 Å². The van der Waals surface area contributed by atoms with Gasteiger partial charge in [0, 0.05) is 13.2 Å². The van der Waals surface area contributed by atoms with Crippen molar-refractivity contribution >= 4 is 34.0 Å². The molecule has 0 spiro atoms. The molecular formula is C26H19N5OS. The molecule has 0 amide bonds. The van der Waals surface area contributed by atoms with Crippen LogP contribution >= 0.6 is 11.3 Å². The lowest BCUT2D eigenvalue weighted by atomic mass is 10.2. The first-order chi connectivity index (χ1) is 16.2. The number of benzene rings is 2. The molecule has 160 valence electrons. The van der Waals surface area contributed by atoms with E-state index in [0.717, 1.165) is 16.6 Å². The van der Waals surface area contributed by atoms with Crippen LogP contribution in [0.5, 0.6) is 0 Å². The molecule has 0 bridgehead atoms. The summed E-state index contributed by atoms with van der Waals surface area (Å²) in [6, 6.07) is 25.4. The van der Waals surface area contributed by atoms with Gasteiger partial charge < -0.3 is 4.57 Å². The molecule has 0 aliphatic heterocycles. The highest BCUT2D eigenvalue weighted by molar-refractivity contribution is 7.07. The predicted molar refractivity (Wildman–Crippen MR) is 130 cm³/mol. The fourth-order valence-electron chi connectivity index (χ4n) is 3.77. The zero-order valence-corrected chi connectivity index (χ0v) is 18.7. The molecule has 0 atom stereocenters. The Labute approximate surface area is 193 Å². The number of hydrogen-bond donors (Lipinski definition) is 0. The van der Waals surface area contributed by atoms with Gasteiger partial charge in [0.25, 0.3) is 5.56 Å². The van der Waals surface area contributed by atoms with Crippen molar-refractivity contribution in [2.45, 2.75) is 6.54 Å². The molecule has 6 nitrogen and oxygen atoms in total. The summed E-state index contributed by atoms with van der Waals surface area (Å²) < 4.78 is 4.65. The third kappa shape index (κ3) is 3.88. The normalized spacial score (nSPS) is 12.7. The summed E-state index contributed by atoms with van der Waals surface area (Å²) in [6.07, 6.45) is 3.46. The number of fused-ring (bicyclic) bond motifs is 1.